The van der Waals surface area contributed by atoms with Gasteiger partial charge < -0.3 is 0 Å². The molecule has 0 saturated carbocycles. The maximum absolute atomic E-state index is 11.9. The Morgan fingerprint density at radius 2 is 1.76 bits per heavy atom. The van der Waals surface area contributed by atoms with Crippen LogP contribution in [0, 0.1) is 0 Å². The Kier molecular flexibility index (Phi) is 2.19. The highest BCUT2D eigenvalue weighted by Crippen LogP contribution is 2.11. The van der Waals surface area contributed by atoms with E-state index in [0.29, 0.717) is 11.2 Å². The Labute approximate surface area is 97.2 Å². The number of fused-ring (bicyclic) bond motifs is 1. The van der Waals surface area contributed by atoms with Gasteiger partial charge in [-0.1, -0.05) is 18.2 Å². The summed E-state index contributed by atoms with van der Waals surface area (Å²) in [6.07, 6.45) is 2.97. The van der Waals surface area contributed by atoms with E-state index in [1.807, 2.05) is 36.4 Å². The van der Waals surface area contributed by atoms with Crippen molar-refractivity contribution in [2.75, 3.05) is 0 Å². The maximum Gasteiger partial charge on any atom is 0.275 e. The van der Waals surface area contributed by atoms with Crippen molar-refractivity contribution in [3.63, 3.8) is 0 Å². The molecule has 0 atom stereocenters. The zero-order chi connectivity index (χ0) is 11.7. The number of benzene rings is 1. The van der Waals surface area contributed by atoms with Crippen LogP contribution in [0.5, 0.6) is 0 Å². The molecule has 82 valence electrons. The van der Waals surface area contributed by atoms with Crippen molar-refractivity contribution < 1.29 is 0 Å². The van der Waals surface area contributed by atoms with Crippen LogP contribution in [0.4, 0.5) is 0 Å². The average Bonchev–Trinajstić information content (AvgIpc) is 2.39. The van der Waals surface area contributed by atoms with E-state index in [4.69, 9.17) is 0 Å². The number of aromatic nitrogens is 3. The van der Waals surface area contributed by atoms with E-state index in [2.05, 4.69) is 9.97 Å². The first kappa shape index (κ1) is 9.72. The van der Waals surface area contributed by atoms with Crippen LogP contribution in [0.3, 0.4) is 0 Å². The van der Waals surface area contributed by atoms with Gasteiger partial charge in [-0.2, -0.15) is 0 Å². The molecule has 0 spiro atoms. The van der Waals surface area contributed by atoms with E-state index in [-0.39, 0.29) is 5.56 Å². The number of rotatable bonds is 1. The molecule has 0 N–H and O–H groups in total. The topological polar surface area (TPSA) is 47.8 Å². The minimum Gasteiger partial charge on any atom is -0.267 e. The van der Waals surface area contributed by atoms with Gasteiger partial charge >= 0.3 is 0 Å². The highest BCUT2D eigenvalue weighted by Gasteiger charge is 2.05. The van der Waals surface area contributed by atoms with E-state index in [0.717, 1.165) is 5.69 Å². The lowest BCUT2D eigenvalue weighted by atomic mass is 10.3. The second-order valence-corrected chi connectivity index (χ2v) is 3.61. The Morgan fingerprint density at radius 3 is 2.59 bits per heavy atom. The van der Waals surface area contributed by atoms with Gasteiger partial charge in [-0.05, 0) is 24.3 Å². The van der Waals surface area contributed by atoms with Crippen molar-refractivity contribution >= 4 is 11.2 Å². The first-order valence-electron chi connectivity index (χ1n) is 5.24. The largest absolute Gasteiger partial charge is 0.275 e. The summed E-state index contributed by atoms with van der Waals surface area (Å²) in [4.78, 5) is 20.2. The predicted octanol–water partition coefficient (Wildman–Crippen LogP) is 1.78. The molecule has 2 aromatic heterocycles. The average molecular weight is 223 g/mol. The van der Waals surface area contributed by atoms with Crippen LogP contribution in [0.2, 0.25) is 0 Å². The van der Waals surface area contributed by atoms with Crippen molar-refractivity contribution in [1.82, 2.24) is 14.5 Å². The quantitative estimate of drug-likeness (QED) is 0.631. The summed E-state index contributed by atoms with van der Waals surface area (Å²) in [5.74, 6) is 0. The fourth-order valence-electron chi connectivity index (χ4n) is 1.78. The number of para-hydroxylation sites is 1. The van der Waals surface area contributed by atoms with Gasteiger partial charge in [0.15, 0.2) is 5.65 Å². The van der Waals surface area contributed by atoms with Gasteiger partial charge in [-0.25, -0.2) is 9.97 Å². The lowest BCUT2D eigenvalue weighted by molar-refractivity contribution is 0.990. The zero-order valence-corrected chi connectivity index (χ0v) is 8.95. The van der Waals surface area contributed by atoms with Crippen LogP contribution in [0.15, 0.2) is 59.7 Å². The summed E-state index contributed by atoms with van der Waals surface area (Å²) in [6, 6.07) is 13.1. The van der Waals surface area contributed by atoms with E-state index in [1.165, 1.54) is 6.20 Å². The lowest BCUT2D eigenvalue weighted by Gasteiger charge is -2.07. The fourth-order valence-corrected chi connectivity index (χ4v) is 1.78. The van der Waals surface area contributed by atoms with Crippen LogP contribution in [0.1, 0.15) is 0 Å². The Hall–Kier alpha value is -2.49. The van der Waals surface area contributed by atoms with E-state index in [1.54, 1.807) is 16.8 Å². The highest BCUT2D eigenvalue weighted by atomic mass is 16.1. The number of hydrogen-bond acceptors (Lipinski definition) is 3. The van der Waals surface area contributed by atoms with Crippen LogP contribution in [-0.2, 0) is 0 Å². The third-order valence-electron chi connectivity index (χ3n) is 2.53. The Bertz CT molecular complexity index is 719. The molecule has 2 heterocycles. The van der Waals surface area contributed by atoms with Crippen LogP contribution < -0.4 is 5.56 Å². The van der Waals surface area contributed by atoms with E-state index in [9.17, 15) is 4.79 Å². The maximum atomic E-state index is 11.9. The van der Waals surface area contributed by atoms with Gasteiger partial charge in [0.05, 0.1) is 11.9 Å². The molecule has 0 radical (unpaired) electrons. The summed E-state index contributed by atoms with van der Waals surface area (Å²) in [5, 5.41) is 0. The first-order valence-corrected chi connectivity index (χ1v) is 5.24. The second kappa shape index (κ2) is 3.83. The molecule has 1 aromatic carbocycles. The molecular formula is C13H9N3O. The minimum atomic E-state index is -0.178. The van der Waals surface area contributed by atoms with Gasteiger partial charge in [0.25, 0.3) is 5.56 Å². The molecule has 0 aliphatic carbocycles. The molecule has 0 fully saturated rings. The smallest absolute Gasteiger partial charge is 0.267 e. The van der Waals surface area contributed by atoms with Crippen LogP contribution in [-0.4, -0.2) is 14.5 Å². The van der Waals surface area contributed by atoms with Crippen molar-refractivity contribution in [3.05, 3.63) is 65.2 Å². The summed E-state index contributed by atoms with van der Waals surface area (Å²) in [7, 11) is 0. The summed E-state index contributed by atoms with van der Waals surface area (Å²) >= 11 is 0. The molecule has 0 bridgehead atoms. The first-order chi connectivity index (χ1) is 8.36. The number of nitrogens with zero attached hydrogens (tertiary/aromatic N) is 3. The molecule has 3 rings (SSSR count). The summed E-state index contributed by atoms with van der Waals surface area (Å²) in [6.45, 7) is 0. The highest BCUT2D eigenvalue weighted by molar-refractivity contribution is 5.71. The summed E-state index contributed by atoms with van der Waals surface area (Å²) in [5.41, 5.74) is 1.90. The molecule has 17 heavy (non-hydrogen) atoms. The van der Waals surface area contributed by atoms with Crippen molar-refractivity contribution in [2.24, 2.45) is 0 Å². The molecule has 3 aromatic rings. The van der Waals surface area contributed by atoms with Crippen molar-refractivity contribution in [1.29, 1.82) is 0 Å². The lowest BCUT2D eigenvalue weighted by Crippen LogP contribution is -2.19. The molecule has 4 heteroatoms. The normalized spacial score (nSPS) is 10.6. The molecule has 0 aliphatic rings. The number of hydrogen-bond donors (Lipinski definition) is 0. The van der Waals surface area contributed by atoms with Gasteiger partial charge in [0.1, 0.15) is 5.52 Å². The Balaban J connectivity index is 2.43. The zero-order valence-electron chi connectivity index (χ0n) is 8.95. The molecule has 0 aliphatic heterocycles. The Morgan fingerprint density at radius 1 is 0.941 bits per heavy atom. The minimum absolute atomic E-state index is 0.178. The standard InChI is InChI=1S/C13H9N3O/c17-12-9-15-11-7-4-8-14-13(11)16(12)10-5-2-1-3-6-10/h1-9H. The van der Waals surface area contributed by atoms with Gasteiger partial charge in [0.2, 0.25) is 0 Å². The van der Waals surface area contributed by atoms with Crippen molar-refractivity contribution in [3.8, 4) is 5.69 Å². The summed E-state index contributed by atoms with van der Waals surface area (Å²) < 4.78 is 1.56. The third kappa shape index (κ3) is 1.59. The fraction of sp³-hybridized carbons (Fsp3) is 0. The molecular weight excluding hydrogens is 214 g/mol. The molecule has 4 nitrogen and oxygen atoms in total. The van der Waals surface area contributed by atoms with Gasteiger partial charge in [-0.3, -0.25) is 9.36 Å². The SMILES string of the molecule is O=c1cnc2cccnc2n1-c1ccccc1. The van der Waals surface area contributed by atoms with Crippen molar-refractivity contribution in [2.45, 2.75) is 0 Å². The van der Waals surface area contributed by atoms with Gasteiger partial charge in [0, 0.05) is 6.20 Å². The second-order valence-electron chi connectivity index (χ2n) is 3.61. The number of pyridine rings is 1. The van der Waals surface area contributed by atoms with Crippen LogP contribution >= 0.6 is 0 Å². The molecule has 0 unspecified atom stereocenters. The predicted molar refractivity (Wildman–Crippen MR) is 65.1 cm³/mol. The molecule has 0 saturated heterocycles. The van der Waals surface area contributed by atoms with Crippen LogP contribution in [0.25, 0.3) is 16.9 Å². The molecule has 0 amide bonds. The van der Waals surface area contributed by atoms with Gasteiger partial charge in [-0.15, -0.1) is 0 Å². The van der Waals surface area contributed by atoms with E-state index >= 15 is 0 Å². The monoisotopic (exact) mass is 223 g/mol. The van der Waals surface area contributed by atoms with E-state index < -0.39 is 0 Å². The third-order valence-corrected chi connectivity index (χ3v) is 2.53.